The van der Waals surface area contributed by atoms with Gasteiger partial charge in [0.05, 0.1) is 11.3 Å². The maximum Gasteiger partial charge on any atom is 0.0713 e. The average molecular weight is 281 g/mol. The molecule has 1 aromatic heterocycles. The lowest BCUT2D eigenvalue weighted by molar-refractivity contribution is -0.0933. The van der Waals surface area contributed by atoms with Gasteiger partial charge < -0.3 is 10.1 Å². The zero-order chi connectivity index (χ0) is 13.1. The van der Waals surface area contributed by atoms with Crippen molar-refractivity contribution in [1.82, 2.24) is 15.1 Å². The highest BCUT2D eigenvalue weighted by atomic mass is 32.2. The minimum atomic E-state index is 0.174. The Morgan fingerprint density at radius 2 is 2.37 bits per heavy atom. The van der Waals surface area contributed by atoms with Gasteiger partial charge in [0.2, 0.25) is 0 Å². The molecule has 3 rings (SSSR count). The Balaban J connectivity index is 1.55. The number of hydrogen-bond acceptors (Lipinski definition) is 4. The highest BCUT2D eigenvalue weighted by Crippen LogP contribution is 2.37. The van der Waals surface area contributed by atoms with E-state index >= 15 is 0 Å². The minimum Gasteiger partial charge on any atom is -0.375 e. The van der Waals surface area contributed by atoms with Crippen LogP contribution in [0.2, 0.25) is 0 Å². The molecule has 106 valence electrons. The Kier molecular flexibility index (Phi) is 4.15. The fourth-order valence-corrected chi connectivity index (χ4v) is 4.35. The predicted molar refractivity (Wildman–Crippen MR) is 78.3 cm³/mol. The molecule has 1 N–H and O–H groups in total. The molecule has 3 heterocycles. The van der Waals surface area contributed by atoms with E-state index in [1.807, 2.05) is 17.9 Å². The summed E-state index contributed by atoms with van der Waals surface area (Å²) in [7, 11) is 2.00. The van der Waals surface area contributed by atoms with Crippen LogP contribution in [0.15, 0.2) is 12.3 Å². The predicted octanol–water partition coefficient (Wildman–Crippen LogP) is 1.95. The zero-order valence-electron chi connectivity index (χ0n) is 11.6. The summed E-state index contributed by atoms with van der Waals surface area (Å²) in [6.45, 7) is 1.82. The Morgan fingerprint density at radius 3 is 3.11 bits per heavy atom. The van der Waals surface area contributed by atoms with Gasteiger partial charge in [-0.25, -0.2) is 0 Å². The summed E-state index contributed by atoms with van der Waals surface area (Å²) in [5.74, 6) is 2.52. The van der Waals surface area contributed by atoms with E-state index in [2.05, 4.69) is 28.2 Å². The molecule has 0 amide bonds. The van der Waals surface area contributed by atoms with Gasteiger partial charge in [-0.2, -0.15) is 16.9 Å². The lowest BCUT2D eigenvalue weighted by Gasteiger charge is -2.43. The molecule has 0 saturated carbocycles. The van der Waals surface area contributed by atoms with E-state index in [9.17, 15) is 0 Å². The standard InChI is InChI=1S/C14H23N3OS/c1-17-13(2-6-16-17)11-15-12-3-7-18-14(10-12)4-8-19-9-5-14/h2,6,12,15H,3-5,7-11H2,1H3. The molecule has 2 fully saturated rings. The molecular formula is C14H23N3OS. The average Bonchev–Trinajstić information content (AvgIpc) is 2.83. The van der Waals surface area contributed by atoms with E-state index in [0.29, 0.717) is 6.04 Å². The lowest BCUT2D eigenvalue weighted by Crippen LogP contribution is -2.48. The molecule has 1 aromatic rings. The second-order valence-corrected chi connectivity index (χ2v) is 6.89. The normalized spacial score (nSPS) is 26.7. The maximum atomic E-state index is 6.13. The van der Waals surface area contributed by atoms with Gasteiger partial charge in [0.1, 0.15) is 0 Å². The molecule has 0 aromatic carbocycles. The van der Waals surface area contributed by atoms with Gasteiger partial charge in [0.25, 0.3) is 0 Å². The monoisotopic (exact) mass is 281 g/mol. The second-order valence-electron chi connectivity index (χ2n) is 5.66. The van der Waals surface area contributed by atoms with Crippen molar-refractivity contribution in [3.8, 4) is 0 Å². The van der Waals surface area contributed by atoms with Crippen LogP contribution in [-0.2, 0) is 18.3 Å². The minimum absolute atomic E-state index is 0.174. The van der Waals surface area contributed by atoms with Gasteiger partial charge in [-0.15, -0.1) is 0 Å². The third-order valence-corrected chi connectivity index (χ3v) is 5.38. The molecule has 2 saturated heterocycles. The lowest BCUT2D eigenvalue weighted by atomic mass is 9.85. The van der Waals surface area contributed by atoms with Crippen LogP contribution in [0, 0.1) is 0 Å². The van der Waals surface area contributed by atoms with E-state index in [1.165, 1.54) is 36.5 Å². The van der Waals surface area contributed by atoms with E-state index in [4.69, 9.17) is 4.74 Å². The summed E-state index contributed by atoms with van der Waals surface area (Å²) >= 11 is 2.07. The van der Waals surface area contributed by atoms with E-state index < -0.39 is 0 Å². The van der Waals surface area contributed by atoms with E-state index in [-0.39, 0.29) is 5.60 Å². The fourth-order valence-electron chi connectivity index (χ4n) is 3.12. The van der Waals surface area contributed by atoms with Crippen LogP contribution in [0.25, 0.3) is 0 Å². The molecule has 0 aliphatic carbocycles. The van der Waals surface area contributed by atoms with Crippen molar-refractivity contribution in [2.45, 2.75) is 43.9 Å². The third kappa shape index (κ3) is 3.15. The topological polar surface area (TPSA) is 39.1 Å². The van der Waals surface area contributed by atoms with Crippen LogP contribution in [0.1, 0.15) is 31.4 Å². The molecule has 4 nitrogen and oxygen atoms in total. The number of nitrogens with one attached hydrogen (secondary N) is 1. The molecule has 0 radical (unpaired) electrons. The summed E-state index contributed by atoms with van der Waals surface area (Å²) in [6, 6.07) is 2.67. The SMILES string of the molecule is Cn1nccc1CNC1CCOC2(CCSCC2)C1. The molecule has 19 heavy (non-hydrogen) atoms. The Morgan fingerprint density at radius 1 is 1.53 bits per heavy atom. The summed E-state index contributed by atoms with van der Waals surface area (Å²) in [5.41, 5.74) is 1.42. The van der Waals surface area contributed by atoms with Crippen LogP contribution in [0.4, 0.5) is 0 Å². The number of ether oxygens (including phenoxy) is 1. The number of nitrogens with zero attached hydrogens (tertiary/aromatic N) is 2. The van der Waals surface area contributed by atoms with Crippen LogP contribution in [-0.4, -0.2) is 39.5 Å². The van der Waals surface area contributed by atoms with Crippen molar-refractivity contribution in [1.29, 1.82) is 0 Å². The molecule has 1 atom stereocenters. The first-order valence-corrected chi connectivity index (χ1v) is 8.35. The Bertz CT molecular complexity index is 409. The summed E-state index contributed by atoms with van der Waals surface area (Å²) in [6.07, 6.45) is 6.61. The Hall–Kier alpha value is -0.520. The Labute approximate surface area is 119 Å². The highest BCUT2D eigenvalue weighted by molar-refractivity contribution is 7.99. The molecule has 5 heteroatoms. The molecule has 1 unspecified atom stereocenters. The van der Waals surface area contributed by atoms with Crippen molar-refractivity contribution in [2.75, 3.05) is 18.1 Å². The van der Waals surface area contributed by atoms with Crippen LogP contribution >= 0.6 is 11.8 Å². The zero-order valence-corrected chi connectivity index (χ0v) is 12.4. The first-order chi connectivity index (χ1) is 9.27. The largest absolute Gasteiger partial charge is 0.375 e. The molecule has 2 aliphatic heterocycles. The van der Waals surface area contributed by atoms with Crippen LogP contribution < -0.4 is 5.32 Å². The number of aryl methyl sites for hydroxylation is 1. The van der Waals surface area contributed by atoms with Crippen molar-refractivity contribution < 1.29 is 4.74 Å². The fraction of sp³-hybridized carbons (Fsp3) is 0.786. The van der Waals surface area contributed by atoms with Crippen molar-refractivity contribution in [3.63, 3.8) is 0 Å². The third-order valence-electron chi connectivity index (χ3n) is 4.39. The van der Waals surface area contributed by atoms with Crippen molar-refractivity contribution in [3.05, 3.63) is 18.0 Å². The van der Waals surface area contributed by atoms with E-state index in [1.54, 1.807) is 0 Å². The number of hydrogen-bond donors (Lipinski definition) is 1. The molecule has 0 bridgehead atoms. The highest BCUT2D eigenvalue weighted by Gasteiger charge is 2.38. The summed E-state index contributed by atoms with van der Waals surface area (Å²) in [5, 5.41) is 7.90. The van der Waals surface area contributed by atoms with Gasteiger partial charge in [0.15, 0.2) is 0 Å². The van der Waals surface area contributed by atoms with Gasteiger partial charge >= 0.3 is 0 Å². The van der Waals surface area contributed by atoms with Crippen LogP contribution in [0.5, 0.6) is 0 Å². The molecule has 1 spiro atoms. The van der Waals surface area contributed by atoms with Crippen molar-refractivity contribution >= 4 is 11.8 Å². The number of rotatable bonds is 3. The summed E-state index contributed by atoms with van der Waals surface area (Å²) in [4.78, 5) is 0. The van der Waals surface area contributed by atoms with Crippen molar-refractivity contribution in [2.24, 2.45) is 7.05 Å². The van der Waals surface area contributed by atoms with Gasteiger partial charge in [-0.3, -0.25) is 4.68 Å². The molecular weight excluding hydrogens is 258 g/mol. The van der Waals surface area contributed by atoms with Crippen LogP contribution in [0.3, 0.4) is 0 Å². The first-order valence-electron chi connectivity index (χ1n) is 7.19. The van der Waals surface area contributed by atoms with Gasteiger partial charge in [0, 0.05) is 32.4 Å². The quantitative estimate of drug-likeness (QED) is 0.919. The van der Waals surface area contributed by atoms with E-state index in [0.717, 1.165) is 19.6 Å². The number of thioether (sulfide) groups is 1. The van der Waals surface area contributed by atoms with Gasteiger partial charge in [-0.05, 0) is 43.3 Å². The second kappa shape index (κ2) is 5.85. The summed E-state index contributed by atoms with van der Waals surface area (Å²) < 4.78 is 8.07. The van der Waals surface area contributed by atoms with Gasteiger partial charge in [-0.1, -0.05) is 0 Å². The number of aromatic nitrogens is 2. The maximum absolute atomic E-state index is 6.13. The smallest absolute Gasteiger partial charge is 0.0713 e. The first kappa shape index (κ1) is 13.5. The molecule has 2 aliphatic rings.